The van der Waals surface area contributed by atoms with E-state index in [4.69, 9.17) is 4.42 Å². The Hall–Kier alpha value is -2.10. The highest BCUT2D eigenvalue weighted by atomic mass is 16.5. The Morgan fingerprint density at radius 2 is 2.40 bits per heavy atom. The Morgan fingerprint density at radius 1 is 1.53 bits per heavy atom. The average molecular weight is 203 g/mol. The summed E-state index contributed by atoms with van der Waals surface area (Å²) in [5, 5.41) is 0.873. The Balaban J connectivity index is 2.39. The number of carbonyl (C=O) groups is 1. The minimum Gasteiger partial charge on any atom is -0.466 e. The molecule has 0 saturated carbocycles. The van der Waals surface area contributed by atoms with Crippen LogP contribution in [0.5, 0.6) is 0 Å². The quantitative estimate of drug-likeness (QED) is 0.553. The maximum atomic E-state index is 10.9. The summed E-state index contributed by atoms with van der Waals surface area (Å²) in [4.78, 5) is 15.0. The van der Waals surface area contributed by atoms with Gasteiger partial charge in [0.2, 0.25) is 0 Å². The van der Waals surface area contributed by atoms with Gasteiger partial charge in [-0.15, -0.1) is 0 Å². The zero-order valence-corrected chi connectivity index (χ0v) is 8.14. The lowest BCUT2D eigenvalue weighted by Gasteiger charge is -1.94. The highest BCUT2D eigenvalue weighted by Gasteiger charge is 2.01. The molecule has 4 nitrogen and oxygen atoms in total. The van der Waals surface area contributed by atoms with E-state index < -0.39 is 5.97 Å². The normalized spacial score (nSPS) is 11.0. The van der Waals surface area contributed by atoms with Gasteiger partial charge in [-0.3, -0.25) is 4.98 Å². The van der Waals surface area contributed by atoms with Crippen LogP contribution in [0.1, 0.15) is 5.69 Å². The van der Waals surface area contributed by atoms with E-state index in [9.17, 15) is 4.79 Å². The molecule has 2 aromatic rings. The first kappa shape index (κ1) is 9.45. The summed E-state index contributed by atoms with van der Waals surface area (Å²) < 4.78 is 9.69. The van der Waals surface area contributed by atoms with Gasteiger partial charge in [-0.1, -0.05) is 0 Å². The predicted molar refractivity (Wildman–Crippen MR) is 55.1 cm³/mol. The van der Waals surface area contributed by atoms with Crippen LogP contribution in [-0.4, -0.2) is 18.1 Å². The van der Waals surface area contributed by atoms with Crippen molar-refractivity contribution < 1.29 is 13.9 Å². The summed E-state index contributed by atoms with van der Waals surface area (Å²) in [6.07, 6.45) is 6.14. The van der Waals surface area contributed by atoms with Gasteiger partial charge < -0.3 is 9.15 Å². The van der Waals surface area contributed by atoms with E-state index in [1.807, 2.05) is 0 Å². The molecule has 0 N–H and O–H groups in total. The second kappa shape index (κ2) is 3.96. The first-order valence-corrected chi connectivity index (χ1v) is 4.39. The van der Waals surface area contributed by atoms with Crippen molar-refractivity contribution in [1.29, 1.82) is 0 Å². The van der Waals surface area contributed by atoms with Gasteiger partial charge in [0.1, 0.15) is 5.58 Å². The van der Waals surface area contributed by atoms with E-state index in [-0.39, 0.29) is 0 Å². The average Bonchev–Trinajstić information content (AvgIpc) is 2.74. The molecule has 0 amide bonds. The molecule has 0 aromatic carbocycles. The van der Waals surface area contributed by atoms with E-state index in [0.717, 1.165) is 11.0 Å². The highest BCUT2D eigenvalue weighted by molar-refractivity contribution is 5.91. The number of ether oxygens (including phenoxy) is 1. The van der Waals surface area contributed by atoms with Crippen molar-refractivity contribution in [3.05, 3.63) is 36.4 Å². The van der Waals surface area contributed by atoms with Crippen LogP contribution in [0.15, 0.2) is 35.1 Å². The van der Waals surface area contributed by atoms with E-state index in [1.165, 1.54) is 13.2 Å². The molecule has 2 rings (SSSR count). The molecule has 0 spiro atoms. The summed E-state index contributed by atoms with van der Waals surface area (Å²) >= 11 is 0. The number of hydrogen-bond donors (Lipinski definition) is 0. The Bertz CT molecular complexity index is 513. The molecule has 15 heavy (non-hydrogen) atoms. The number of aromatic nitrogens is 1. The maximum absolute atomic E-state index is 10.9. The van der Waals surface area contributed by atoms with Gasteiger partial charge in [-0.05, 0) is 18.2 Å². The SMILES string of the molecule is COC(=O)/C=C/c1nccc2occc12. The van der Waals surface area contributed by atoms with E-state index >= 15 is 0 Å². The molecule has 0 bridgehead atoms. The van der Waals surface area contributed by atoms with Crippen molar-refractivity contribution in [1.82, 2.24) is 4.98 Å². The van der Waals surface area contributed by atoms with Crippen molar-refractivity contribution in [2.45, 2.75) is 0 Å². The van der Waals surface area contributed by atoms with E-state index in [1.54, 1.807) is 30.7 Å². The van der Waals surface area contributed by atoms with Gasteiger partial charge in [0.05, 0.1) is 19.1 Å². The summed E-state index contributed by atoms with van der Waals surface area (Å²) in [7, 11) is 1.33. The lowest BCUT2D eigenvalue weighted by atomic mass is 10.2. The minimum atomic E-state index is -0.405. The summed E-state index contributed by atoms with van der Waals surface area (Å²) in [6, 6.07) is 3.57. The molecular weight excluding hydrogens is 194 g/mol. The smallest absolute Gasteiger partial charge is 0.330 e. The zero-order valence-electron chi connectivity index (χ0n) is 8.14. The van der Waals surface area contributed by atoms with Gasteiger partial charge in [0, 0.05) is 17.7 Å². The molecule has 0 fully saturated rings. The Labute approximate surface area is 86.2 Å². The lowest BCUT2D eigenvalue weighted by molar-refractivity contribution is -0.134. The molecule has 0 atom stereocenters. The van der Waals surface area contributed by atoms with Crippen molar-refractivity contribution >= 4 is 23.0 Å². The molecule has 2 heterocycles. The molecule has 4 heteroatoms. The van der Waals surface area contributed by atoms with Crippen LogP contribution in [0, 0.1) is 0 Å². The first-order valence-electron chi connectivity index (χ1n) is 4.39. The van der Waals surface area contributed by atoms with Gasteiger partial charge in [0.25, 0.3) is 0 Å². The third kappa shape index (κ3) is 1.88. The van der Waals surface area contributed by atoms with Crippen molar-refractivity contribution in [2.24, 2.45) is 0 Å². The number of nitrogens with zero attached hydrogens (tertiary/aromatic N) is 1. The van der Waals surface area contributed by atoms with Crippen molar-refractivity contribution in [3.8, 4) is 0 Å². The van der Waals surface area contributed by atoms with Crippen LogP contribution < -0.4 is 0 Å². The van der Waals surface area contributed by atoms with Gasteiger partial charge >= 0.3 is 5.97 Å². The third-order valence-electron chi connectivity index (χ3n) is 1.99. The van der Waals surface area contributed by atoms with E-state index in [0.29, 0.717) is 5.69 Å². The molecule has 2 aromatic heterocycles. The number of hydrogen-bond acceptors (Lipinski definition) is 4. The summed E-state index contributed by atoms with van der Waals surface area (Å²) in [5.74, 6) is -0.405. The summed E-state index contributed by atoms with van der Waals surface area (Å²) in [5.41, 5.74) is 1.43. The molecule has 76 valence electrons. The van der Waals surface area contributed by atoms with Gasteiger partial charge in [-0.25, -0.2) is 4.79 Å². The summed E-state index contributed by atoms with van der Waals surface area (Å²) in [6.45, 7) is 0. The van der Waals surface area contributed by atoms with Crippen molar-refractivity contribution in [3.63, 3.8) is 0 Å². The monoisotopic (exact) mass is 203 g/mol. The number of furan rings is 1. The van der Waals surface area contributed by atoms with Crippen LogP contribution in [0.2, 0.25) is 0 Å². The number of fused-ring (bicyclic) bond motifs is 1. The third-order valence-corrected chi connectivity index (χ3v) is 1.99. The molecule has 0 radical (unpaired) electrons. The minimum absolute atomic E-state index is 0.405. The van der Waals surface area contributed by atoms with Crippen LogP contribution in [-0.2, 0) is 9.53 Å². The van der Waals surface area contributed by atoms with Crippen LogP contribution in [0.3, 0.4) is 0 Å². The van der Waals surface area contributed by atoms with Gasteiger partial charge in [0.15, 0.2) is 0 Å². The number of methoxy groups -OCH3 is 1. The molecule has 0 aliphatic carbocycles. The second-order valence-corrected chi connectivity index (χ2v) is 2.89. The maximum Gasteiger partial charge on any atom is 0.330 e. The van der Waals surface area contributed by atoms with Crippen LogP contribution >= 0.6 is 0 Å². The molecule has 0 aliphatic heterocycles. The Morgan fingerprint density at radius 3 is 3.20 bits per heavy atom. The van der Waals surface area contributed by atoms with Crippen LogP contribution in [0.25, 0.3) is 17.0 Å². The van der Waals surface area contributed by atoms with Gasteiger partial charge in [-0.2, -0.15) is 0 Å². The predicted octanol–water partition coefficient (Wildman–Crippen LogP) is 2.01. The largest absolute Gasteiger partial charge is 0.466 e. The molecule has 0 saturated heterocycles. The number of rotatable bonds is 2. The molecule has 0 aliphatic rings. The number of carbonyl (C=O) groups excluding carboxylic acids is 1. The Kier molecular flexibility index (Phi) is 2.49. The second-order valence-electron chi connectivity index (χ2n) is 2.89. The fourth-order valence-corrected chi connectivity index (χ4v) is 1.26. The number of esters is 1. The zero-order chi connectivity index (χ0) is 10.7. The first-order chi connectivity index (χ1) is 7.31. The lowest BCUT2D eigenvalue weighted by Crippen LogP contribution is -1.93. The fourth-order valence-electron chi connectivity index (χ4n) is 1.26. The molecular formula is C11H9NO3. The van der Waals surface area contributed by atoms with E-state index in [2.05, 4.69) is 9.72 Å². The topological polar surface area (TPSA) is 52.3 Å². The van der Waals surface area contributed by atoms with Crippen molar-refractivity contribution in [2.75, 3.05) is 7.11 Å². The van der Waals surface area contributed by atoms with Crippen LogP contribution in [0.4, 0.5) is 0 Å². The molecule has 0 unspecified atom stereocenters. The standard InChI is InChI=1S/C11H9NO3/c1-14-11(13)3-2-9-8-5-7-15-10(8)4-6-12-9/h2-7H,1H3/b3-2+. The highest BCUT2D eigenvalue weighted by Crippen LogP contribution is 2.18. The number of pyridine rings is 1. The fraction of sp³-hybridized carbons (Fsp3) is 0.0909.